The number of esters is 2. The minimum Gasteiger partial charge on any atom is -0.462 e. The van der Waals surface area contributed by atoms with E-state index in [-0.39, 0.29) is 24.8 Å². The van der Waals surface area contributed by atoms with Crippen LogP contribution in [0.25, 0.3) is 0 Å². The molecule has 0 aromatic heterocycles. The van der Waals surface area contributed by atoms with Crippen molar-refractivity contribution in [2.75, 3.05) is 26.3 Å². The molecule has 14 nitrogen and oxygen atoms in total. The molecule has 0 rings (SSSR count). The number of hydrogen-bond donors (Lipinski definition) is 10. The van der Waals surface area contributed by atoms with E-state index in [2.05, 4.69) is 10.6 Å². The molecule has 4 unspecified atom stereocenters. The Labute approximate surface area is 174 Å². The Kier molecular flexibility index (Phi) is 13.8. The summed E-state index contributed by atoms with van der Waals surface area (Å²) in [7, 11) is 0. The Hall–Kier alpha value is -2.68. The molecule has 0 amide bonds. The lowest BCUT2D eigenvalue weighted by atomic mass is 10.1. The topological polar surface area (TPSA) is 269 Å². The van der Waals surface area contributed by atoms with Gasteiger partial charge in [-0.1, -0.05) is 0 Å². The van der Waals surface area contributed by atoms with Crippen LogP contribution in [0.3, 0.4) is 0 Å². The predicted octanol–water partition coefficient (Wildman–Crippen LogP) is -4.02. The zero-order valence-corrected chi connectivity index (χ0v) is 16.8. The van der Waals surface area contributed by atoms with Gasteiger partial charge in [0.05, 0.1) is 6.61 Å². The van der Waals surface area contributed by atoms with Crippen LogP contribution in [0.4, 0.5) is 0 Å². The SMILES string of the molecule is N=C(N)NCCCC(N)C(=O)OCC(O)C(CO)OC(=O)C(N)CCCNC(=N)N. The summed E-state index contributed by atoms with van der Waals surface area (Å²) >= 11 is 0. The van der Waals surface area contributed by atoms with Gasteiger partial charge in [0.1, 0.15) is 24.8 Å². The first-order valence-electron chi connectivity index (χ1n) is 9.41. The lowest BCUT2D eigenvalue weighted by Gasteiger charge is -2.23. The number of guanidine groups is 2. The van der Waals surface area contributed by atoms with Crippen LogP contribution in [-0.4, -0.2) is 84.7 Å². The lowest BCUT2D eigenvalue weighted by Crippen LogP contribution is -2.44. The van der Waals surface area contributed by atoms with Crippen molar-refractivity contribution in [2.24, 2.45) is 22.9 Å². The molecule has 0 fully saturated rings. The number of aliphatic hydroxyl groups is 2. The highest BCUT2D eigenvalue weighted by Gasteiger charge is 2.27. The molecule has 0 saturated carbocycles. The van der Waals surface area contributed by atoms with Gasteiger partial charge in [0.25, 0.3) is 0 Å². The Morgan fingerprint density at radius 3 is 1.83 bits per heavy atom. The summed E-state index contributed by atoms with van der Waals surface area (Å²) < 4.78 is 9.88. The maximum atomic E-state index is 12.0. The molecule has 14 heteroatoms. The number of hydrogen-bond acceptors (Lipinski definition) is 10. The van der Waals surface area contributed by atoms with Gasteiger partial charge in [0, 0.05) is 13.1 Å². The van der Waals surface area contributed by atoms with Crippen molar-refractivity contribution in [1.29, 1.82) is 10.8 Å². The van der Waals surface area contributed by atoms with Crippen molar-refractivity contribution in [3.05, 3.63) is 0 Å². The molecule has 0 radical (unpaired) electrons. The maximum Gasteiger partial charge on any atom is 0.323 e. The third-order valence-electron chi connectivity index (χ3n) is 3.89. The van der Waals surface area contributed by atoms with Gasteiger partial charge in [0.15, 0.2) is 18.0 Å². The first kappa shape index (κ1) is 27.3. The van der Waals surface area contributed by atoms with Gasteiger partial charge in [-0.25, -0.2) is 0 Å². The fourth-order valence-corrected chi connectivity index (χ4v) is 2.18. The summed E-state index contributed by atoms with van der Waals surface area (Å²) in [6, 6.07) is -1.95. The summed E-state index contributed by atoms with van der Waals surface area (Å²) in [5.74, 6) is -1.99. The minimum atomic E-state index is -1.47. The summed E-state index contributed by atoms with van der Waals surface area (Å²) in [5, 5.41) is 38.5. The monoisotopic (exact) mass is 434 g/mol. The molecule has 0 aromatic carbocycles. The Morgan fingerprint density at radius 1 is 0.933 bits per heavy atom. The summed E-state index contributed by atoms with van der Waals surface area (Å²) in [4.78, 5) is 23.8. The standard InChI is InChI=1S/C16H34N8O6/c17-9(3-1-5-23-15(19)20)13(27)29-8-11(26)12(7-25)30-14(28)10(18)4-2-6-24-16(21)22/h9-12,25-26H,1-8,17-18H2,(H4,19,20,23)(H4,21,22,24). The smallest absolute Gasteiger partial charge is 0.323 e. The van der Waals surface area contributed by atoms with Crippen LogP contribution < -0.4 is 33.6 Å². The highest BCUT2D eigenvalue weighted by Crippen LogP contribution is 2.06. The van der Waals surface area contributed by atoms with Gasteiger partial charge in [-0.2, -0.15) is 0 Å². The first-order chi connectivity index (χ1) is 14.1. The summed E-state index contributed by atoms with van der Waals surface area (Å²) in [6.45, 7) is -0.518. The molecule has 0 bridgehead atoms. The van der Waals surface area contributed by atoms with E-state index in [1.165, 1.54) is 0 Å². The van der Waals surface area contributed by atoms with E-state index in [0.717, 1.165) is 0 Å². The van der Waals surface area contributed by atoms with Gasteiger partial charge in [-0.15, -0.1) is 0 Å². The molecule has 14 N–H and O–H groups in total. The lowest BCUT2D eigenvalue weighted by molar-refractivity contribution is -0.166. The van der Waals surface area contributed by atoms with Crippen molar-refractivity contribution < 1.29 is 29.3 Å². The number of nitrogens with one attached hydrogen (secondary N) is 4. The summed E-state index contributed by atoms with van der Waals surface area (Å²) in [5.41, 5.74) is 21.6. The third kappa shape index (κ3) is 12.7. The van der Waals surface area contributed by atoms with Crippen molar-refractivity contribution >= 4 is 23.9 Å². The quantitative estimate of drug-likeness (QED) is 0.0510. The maximum absolute atomic E-state index is 12.0. The van der Waals surface area contributed by atoms with Crippen LogP contribution in [-0.2, 0) is 19.1 Å². The third-order valence-corrected chi connectivity index (χ3v) is 3.89. The van der Waals surface area contributed by atoms with Crippen LogP contribution in [0, 0.1) is 10.8 Å². The van der Waals surface area contributed by atoms with E-state index < -0.39 is 49.4 Å². The zero-order chi connectivity index (χ0) is 23.1. The van der Waals surface area contributed by atoms with Crippen molar-refractivity contribution in [1.82, 2.24) is 10.6 Å². The van der Waals surface area contributed by atoms with Crippen molar-refractivity contribution in [2.45, 2.75) is 50.0 Å². The second-order valence-corrected chi connectivity index (χ2v) is 6.53. The predicted molar refractivity (Wildman–Crippen MR) is 108 cm³/mol. The number of nitrogens with two attached hydrogens (primary N) is 4. The first-order valence-corrected chi connectivity index (χ1v) is 9.41. The van der Waals surface area contributed by atoms with Crippen LogP contribution >= 0.6 is 0 Å². The van der Waals surface area contributed by atoms with Crippen LogP contribution in [0.15, 0.2) is 0 Å². The van der Waals surface area contributed by atoms with E-state index >= 15 is 0 Å². The van der Waals surface area contributed by atoms with Crippen LogP contribution in [0.2, 0.25) is 0 Å². The number of ether oxygens (including phenoxy) is 2. The Morgan fingerprint density at radius 2 is 1.40 bits per heavy atom. The highest BCUT2D eigenvalue weighted by molar-refractivity contribution is 5.76. The van der Waals surface area contributed by atoms with E-state index in [1.54, 1.807) is 0 Å². The Bertz CT molecular complexity index is 564. The average Bonchev–Trinajstić information content (AvgIpc) is 2.69. The zero-order valence-electron chi connectivity index (χ0n) is 16.8. The molecule has 30 heavy (non-hydrogen) atoms. The number of rotatable bonds is 15. The fraction of sp³-hybridized carbons (Fsp3) is 0.750. The second kappa shape index (κ2) is 15.2. The highest BCUT2D eigenvalue weighted by atomic mass is 16.6. The second-order valence-electron chi connectivity index (χ2n) is 6.53. The van der Waals surface area contributed by atoms with Gasteiger partial charge in [-0.3, -0.25) is 20.4 Å². The van der Waals surface area contributed by atoms with Crippen LogP contribution in [0.1, 0.15) is 25.7 Å². The summed E-state index contributed by atoms with van der Waals surface area (Å²) in [6.07, 6.45) is -1.39. The van der Waals surface area contributed by atoms with Crippen LogP contribution in [0.5, 0.6) is 0 Å². The molecular formula is C16H34N8O6. The van der Waals surface area contributed by atoms with Gasteiger partial charge in [0.2, 0.25) is 0 Å². The van der Waals surface area contributed by atoms with Gasteiger partial charge < -0.3 is 53.3 Å². The van der Waals surface area contributed by atoms with E-state index in [4.69, 9.17) is 43.2 Å². The molecule has 4 atom stereocenters. The largest absolute Gasteiger partial charge is 0.462 e. The van der Waals surface area contributed by atoms with Crippen molar-refractivity contribution in [3.8, 4) is 0 Å². The molecule has 0 saturated heterocycles. The van der Waals surface area contributed by atoms with Crippen molar-refractivity contribution in [3.63, 3.8) is 0 Å². The number of carbonyl (C=O) groups is 2. The fourth-order valence-electron chi connectivity index (χ4n) is 2.18. The van der Waals surface area contributed by atoms with Gasteiger partial charge >= 0.3 is 11.9 Å². The van der Waals surface area contributed by atoms with E-state index in [1.807, 2.05) is 0 Å². The Balaban J connectivity index is 4.28. The van der Waals surface area contributed by atoms with Gasteiger partial charge in [-0.05, 0) is 25.7 Å². The minimum absolute atomic E-state index is 0.189. The number of carbonyl (C=O) groups excluding carboxylic acids is 2. The average molecular weight is 434 g/mol. The molecule has 0 spiro atoms. The molecule has 0 aliphatic carbocycles. The molecule has 0 aliphatic heterocycles. The molecule has 0 aromatic rings. The molecule has 174 valence electrons. The van der Waals surface area contributed by atoms with E-state index in [0.29, 0.717) is 25.9 Å². The molecule has 0 aliphatic rings. The molecular weight excluding hydrogens is 400 g/mol. The number of aliphatic hydroxyl groups excluding tert-OH is 2. The van der Waals surface area contributed by atoms with E-state index in [9.17, 15) is 19.8 Å². The normalized spacial score (nSPS) is 14.7. The molecule has 0 heterocycles.